The lowest BCUT2D eigenvalue weighted by Crippen LogP contribution is -2.33. The number of ether oxygens (including phenoxy) is 2. The molecule has 1 aliphatic heterocycles. The van der Waals surface area contributed by atoms with Gasteiger partial charge >= 0.3 is 0 Å². The Balaban J connectivity index is 1.27. The number of anilines is 2. The zero-order valence-electron chi connectivity index (χ0n) is 31.6. The Labute approximate surface area is 316 Å². The Hall–Kier alpha value is -6.33. The molecule has 2 atom stereocenters. The number of rotatable bonds is 12. The molecule has 0 spiro atoms. The van der Waals surface area contributed by atoms with E-state index in [1.165, 1.54) is 0 Å². The van der Waals surface area contributed by atoms with Crippen LogP contribution in [0.25, 0.3) is 27.8 Å². The zero-order chi connectivity index (χ0) is 39.3. The van der Waals surface area contributed by atoms with E-state index in [9.17, 15) is 14.4 Å². The first-order chi connectivity index (χ1) is 26.1. The van der Waals surface area contributed by atoms with E-state index < -0.39 is 29.8 Å². The second-order valence-electron chi connectivity index (χ2n) is 14.0. The van der Waals surface area contributed by atoms with Gasteiger partial charge in [-0.1, -0.05) is 12.6 Å². The zero-order valence-corrected chi connectivity index (χ0v) is 31.6. The second kappa shape index (κ2) is 14.1. The summed E-state index contributed by atoms with van der Waals surface area (Å²) in [5.74, 6) is -1.87. The van der Waals surface area contributed by atoms with Gasteiger partial charge in [-0.15, -0.1) is 0 Å². The summed E-state index contributed by atoms with van der Waals surface area (Å²) in [7, 11) is 0. The second-order valence-corrected chi connectivity index (χ2v) is 14.0. The molecule has 4 aromatic heterocycles. The van der Waals surface area contributed by atoms with E-state index in [0.29, 0.717) is 63.7 Å². The number of aryl methyl sites for hydroxylation is 4. The van der Waals surface area contributed by atoms with Crippen molar-refractivity contribution in [3.63, 3.8) is 0 Å². The SMILES string of the molecule is C=C(N)c1ccc2c(c1)nc(NC(=O)c1cc(C)nn1CC)n2C[C@H]1OC(C)(C)O[C@@H]1Cn1c(NC(=O)c2cc(C)nn2CC)nc2cc(C(N)=O)ccc21. The monoisotopic (exact) mass is 748 g/mol. The third kappa shape index (κ3) is 7.18. The first-order valence-electron chi connectivity index (χ1n) is 18.0. The van der Waals surface area contributed by atoms with Crippen LogP contribution in [0.5, 0.6) is 0 Å². The maximum atomic E-state index is 13.7. The fourth-order valence-corrected chi connectivity index (χ4v) is 7.02. The lowest BCUT2D eigenvalue weighted by atomic mass is 10.1. The molecule has 17 nitrogen and oxygen atoms in total. The van der Waals surface area contributed by atoms with Crippen LogP contribution in [-0.2, 0) is 35.7 Å². The van der Waals surface area contributed by atoms with Gasteiger partial charge < -0.3 is 30.1 Å². The van der Waals surface area contributed by atoms with E-state index in [0.717, 1.165) is 5.52 Å². The molecule has 1 saturated heterocycles. The van der Waals surface area contributed by atoms with Crippen molar-refractivity contribution >= 4 is 57.4 Å². The molecule has 3 amide bonds. The molecule has 0 radical (unpaired) electrons. The third-order valence-corrected chi connectivity index (χ3v) is 9.48. The summed E-state index contributed by atoms with van der Waals surface area (Å²) in [6.45, 7) is 16.4. The van der Waals surface area contributed by atoms with Crippen molar-refractivity contribution in [1.29, 1.82) is 0 Å². The average molecular weight is 749 g/mol. The molecular weight excluding hydrogens is 704 g/mol. The number of hydrogen-bond donors (Lipinski definition) is 4. The van der Waals surface area contributed by atoms with E-state index in [-0.39, 0.29) is 36.5 Å². The number of nitrogens with one attached hydrogen (secondary N) is 2. The predicted octanol–water partition coefficient (Wildman–Crippen LogP) is 4.19. The molecule has 55 heavy (non-hydrogen) atoms. The first kappa shape index (κ1) is 37.0. The molecule has 6 N–H and O–H groups in total. The summed E-state index contributed by atoms with van der Waals surface area (Å²) in [5, 5.41) is 14.8. The van der Waals surface area contributed by atoms with Gasteiger partial charge in [0.2, 0.25) is 17.8 Å². The topological polar surface area (TPSA) is 217 Å². The number of hydrogen-bond acceptors (Lipinski definition) is 10. The minimum Gasteiger partial charge on any atom is -0.399 e. The highest BCUT2D eigenvalue weighted by Gasteiger charge is 2.43. The highest BCUT2D eigenvalue weighted by atomic mass is 16.8. The van der Waals surface area contributed by atoms with Gasteiger partial charge in [0.1, 0.15) is 23.6 Å². The van der Waals surface area contributed by atoms with E-state index in [1.54, 1.807) is 39.7 Å². The summed E-state index contributed by atoms with van der Waals surface area (Å²) in [6.07, 6.45) is -1.19. The van der Waals surface area contributed by atoms with E-state index >= 15 is 0 Å². The standard InChI is InChI=1S/C38H44N12O5/c1-8-49-29(14-20(3)45-49)34(52)43-36-41-25-16-23(22(5)39)10-12-27(25)47(36)18-31-32(55-38(6,7)54-31)19-48-28-13-11-24(33(40)51)17-26(28)42-37(48)44-35(53)30-15-21(4)46-50(30)9-2/h10-17,31-32H,5,8-9,18-19,39H2,1-4,6-7H3,(H2,40,51)(H,41,43,52)(H,42,44,53)/t31-,32-/m1/s1. The number of fused-ring (bicyclic) bond motifs is 2. The number of carbonyl (C=O) groups excluding carboxylic acids is 3. The summed E-state index contributed by atoms with van der Waals surface area (Å²) < 4.78 is 20.0. The van der Waals surface area contributed by atoms with E-state index in [4.69, 9.17) is 30.9 Å². The highest BCUT2D eigenvalue weighted by Crippen LogP contribution is 2.34. The van der Waals surface area contributed by atoms with E-state index in [2.05, 4.69) is 27.4 Å². The minimum atomic E-state index is -1.01. The number of aromatic nitrogens is 8. The normalized spacial score (nSPS) is 16.5. The van der Waals surface area contributed by atoms with Crippen LogP contribution in [-0.4, -0.2) is 74.4 Å². The molecule has 2 aromatic carbocycles. The summed E-state index contributed by atoms with van der Waals surface area (Å²) in [6, 6.07) is 13.9. The van der Waals surface area contributed by atoms with Crippen LogP contribution in [0.2, 0.25) is 0 Å². The van der Waals surface area contributed by atoms with Crippen molar-refractivity contribution < 1.29 is 23.9 Å². The Bertz CT molecular complexity index is 2330. The molecule has 0 unspecified atom stereocenters. The number of nitrogens with two attached hydrogens (primary N) is 2. The summed E-state index contributed by atoms with van der Waals surface area (Å²) in [4.78, 5) is 49.0. The van der Waals surface area contributed by atoms with Gasteiger partial charge in [0.25, 0.3) is 11.8 Å². The fraction of sp³-hybridized carbons (Fsp3) is 0.342. The van der Waals surface area contributed by atoms with Crippen LogP contribution in [0.1, 0.15) is 76.0 Å². The van der Waals surface area contributed by atoms with Gasteiger partial charge in [-0.05, 0) is 89.6 Å². The smallest absolute Gasteiger partial charge is 0.276 e. The fourth-order valence-electron chi connectivity index (χ4n) is 7.02. The summed E-state index contributed by atoms with van der Waals surface area (Å²) in [5.41, 5.74) is 17.6. The molecule has 1 aliphatic rings. The maximum absolute atomic E-state index is 13.7. The van der Waals surface area contributed by atoms with Crippen molar-refractivity contribution in [1.82, 2.24) is 38.7 Å². The number of imidazole rings is 2. The summed E-state index contributed by atoms with van der Waals surface area (Å²) >= 11 is 0. The number of carbonyl (C=O) groups is 3. The van der Waals surface area contributed by atoms with Crippen molar-refractivity contribution in [3.05, 3.63) is 89.0 Å². The number of primary amides is 1. The van der Waals surface area contributed by atoms with Crippen LogP contribution in [0.15, 0.2) is 55.1 Å². The number of nitrogens with zero attached hydrogens (tertiary/aromatic N) is 8. The molecule has 5 heterocycles. The minimum absolute atomic E-state index is 0.183. The molecule has 0 bridgehead atoms. The third-order valence-electron chi connectivity index (χ3n) is 9.48. The quantitative estimate of drug-likeness (QED) is 0.140. The largest absolute Gasteiger partial charge is 0.399 e. The highest BCUT2D eigenvalue weighted by molar-refractivity contribution is 6.04. The lowest BCUT2D eigenvalue weighted by molar-refractivity contribution is -0.147. The van der Waals surface area contributed by atoms with Crippen molar-refractivity contribution in [2.45, 2.75) is 85.7 Å². The van der Waals surface area contributed by atoms with Crippen LogP contribution in [0, 0.1) is 13.8 Å². The van der Waals surface area contributed by atoms with Gasteiger partial charge in [0.15, 0.2) is 5.79 Å². The molecule has 0 saturated carbocycles. The molecule has 286 valence electrons. The molecule has 0 aliphatic carbocycles. The maximum Gasteiger partial charge on any atom is 0.276 e. The lowest BCUT2D eigenvalue weighted by Gasteiger charge is -2.21. The van der Waals surface area contributed by atoms with Gasteiger partial charge in [0.05, 0.1) is 46.5 Å². The predicted molar refractivity (Wildman–Crippen MR) is 206 cm³/mol. The Morgan fingerprint density at radius 3 is 1.60 bits per heavy atom. The number of benzene rings is 2. The van der Waals surface area contributed by atoms with Crippen LogP contribution >= 0.6 is 0 Å². The number of amides is 3. The molecule has 7 rings (SSSR count). The van der Waals surface area contributed by atoms with Gasteiger partial charge in [-0.25, -0.2) is 9.97 Å². The Morgan fingerprint density at radius 2 is 1.18 bits per heavy atom. The van der Waals surface area contributed by atoms with Crippen molar-refractivity contribution in [2.24, 2.45) is 11.5 Å². The molecule has 17 heteroatoms. The van der Waals surface area contributed by atoms with Crippen LogP contribution < -0.4 is 22.1 Å². The van der Waals surface area contributed by atoms with Gasteiger partial charge in [-0.3, -0.25) is 34.4 Å². The van der Waals surface area contributed by atoms with Crippen molar-refractivity contribution in [3.8, 4) is 0 Å². The molecule has 6 aromatic rings. The van der Waals surface area contributed by atoms with Crippen LogP contribution in [0.4, 0.5) is 11.9 Å². The molecule has 1 fully saturated rings. The van der Waals surface area contributed by atoms with Crippen LogP contribution in [0.3, 0.4) is 0 Å². The first-order valence-corrected chi connectivity index (χ1v) is 18.0. The Morgan fingerprint density at radius 1 is 0.745 bits per heavy atom. The average Bonchev–Trinajstić information content (AvgIpc) is 3.93. The van der Waals surface area contributed by atoms with E-state index in [1.807, 2.05) is 68.9 Å². The van der Waals surface area contributed by atoms with Gasteiger partial charge in [0, 0.05) is 24.4 Å². The van der Waals surface area contributed by atoms with Crippen molar-refractivity contribution in [2.75, 3.05) is 10.6 Å². The van der Waals surface area contributed by atoms with Gasteiger partial charge in [-0.2, -0.15) is 10.2 Å². The Kier molecular flexibility index (Phi) is 9.52. The molecular formula is C38H44N12O5.